The molecular formula is C13H20BN3O2. The lowest BCUT2D eigenvalue weighted by atomic mass is 9.79. The molecule has 1 saturated carbocycles. The van der Waals surface area contributed by atoms with Crippen LogP contribution in [0.4, 0.5) is 0 Å². The van der Waals surface area contributed by atoms with Crippen LogP contribution in [0, 0.1) is 11.3 Å². The Morgan fingerprint density at radius 2 is 1.79 bits per heavy atom. The average molecular weight is 261 g/mol. The van der Waals surface area contributed by atoms with Gasteiger partial charge in [0.25, 0.3) is 0 Å². The molecule has 0 unspecified atom stereocenters. The third-order valence-electron chi connectivity index (χ3n) is 4.11. The molecule has 2 fully saturated rings. The van der Waals surface area contributed by atoms with E-state index in [4.69, 9.17) is 20.3 Å². The lowest BCUT2D eigenvalue weighted by molar-refractivity contribution is 0.00578. The highest BCUT2D eigenvalue weighted by atomic mass is 16.7. The van der Waals surface area contributed by atoms with Gasteiger partial charge in [0, 0.05) is 11.7 Å². The van der Waals surface area contributed by atoms with E-state index in [2.05, 4.69) is 11.1 Å². The van der Waals surface area contributed by atoms with Crippen LogP contribution in [0.15, 0.2) is 16.7 Å². The summed E-state index contributed by atoms with van der Waals surface area (Å²) in [7, 11) is -0.534. The summed E-state index contributed by atoms with van der Waals surface area (Å²) < 4.78 is 11.8. The van der Waals surface area contributed by atoms with Crippen molar-refractivity contribution in [3.05, 3.63) is 11.7 Å². The van der Waals surface area contributed by atoms with Gasteiger partial charge in [0.15, 0.2) is 0 Å². The van der Waals surface area contributed by atoms with Crippen molar-refractivity contribution in [3.63, 3.8) is 0 Å². The van der Waals surface area contributed by atoms with E-state index in [9.17, 15) is 0 Å². The van der Waals surface area contributed by atoms with Gasteiger partial charge in [0.05, 0.1) is 17.3 Å². The quantitative estimate of drug-likeness (QED) is 0.617. The van der Waals surface area contributed by atoms with Crippen LogP contribution in [-0.2, 0) is 9.31 Å². The lowest BCUT2D eigenvalue weighted by Crippen LogP contribution is -2.41. The highest BCUT2D eigenvalue weighted by molar-refractivity contribution is 6.60. The van der Waals surface area contributed by atoms with Gasteiger partial charge in [-0.2, -0.15) is 5.26 Å². The van der Waals surface area contributed by atoms with Crippen LogP contribution < -0.4 is 5.73 Å². The molecule has 0 radical (unpaired) electrons. The molecule has 0 aromatic heterocycles. The van der Waals surface area contributed by atoms with Crippen molar-refractivity contribution in [2.45, 2.75) is 57.3 Å². The molecule has 5 nitrogen and oxygen atoms in total. The van der Waals surface area contributed by atoms with Crippen LogP contribution in [0.5, 0.6) is 0 Å². The second-order valence-electron chi connectivity index (χ2n) is 6.16. The molecule has 19 heavy (non-hydrogen) atoms. The molecule has 102 valence electrons. The fraction of sp³-hybridized carbons (Fsp3) is 0.692. The minimum atomic E-state index is -0.544. The Balaban J connectivity index is 2.12. The summed E-state index contributed by atoms with van der Waals surface area (Å²) in [5, 5.41) is 9.00. The molecule has 0 aromatic carbocycles. The van der Waals surface area contributed by atoms with Crippen molar-refractivity contribution in [3.8, 4) is 6.07 Å². The summed E-state index contributed by atoms with van der Waals surface area (Å²) in [5.41, 5.74) is 4.91. The fourth-order valence-electron chi connectivity index (χ4n) is 1.75. The number of hydrogen-bond donors (Lipinski definition) is 1. The monoisotopic (exact) mass is 261 g/mol. The summed E-state index contributed by atoms with van der Waals surface area (Å²) in [5.74, 6) is 0. The molecular weight excluding hydrogens is 241 g/mol. The SMILES string of the molecule is CC1(C)OB(C(C=NC2(C#N)CC2)=CN)OC1(C)C. The van der Waals surface area contributed by atoms with Crippen LogP contribution in [0.1, 0.15) is 40.5 Å². The number of nitriles is 1. The first-order chi connectivity index (χ1) is 8.75. The van der Waals surface area contributed by atoms with E-state index in [0.717, 1.165) is 12.8 Å². The molecule has 1 heterocycles. The first kappa shape index (κ1) is 14.1. The molecule has 1 saturated heterocycles. The Labute approximate surface area is 114 Å². The van der Waals surface area contributed by atoms with Crippen molar-refractivity contribution in [2.75, 3.05) is 0 Å². The Hall–Kier alpha value is -1.32. The number of rotatable bonds is 3. The molecule has 2 rings (SSSR count). The van der Waals surface area contributed by atoms with E-state index in [1.165, 1.54) is 6.20 Å². The van der Waals surface area contributed by atoms with Gasteiger partial charge in [-0.05, 0) is 46.7 Å². The molecule has 1 aliphatic carbocycles. The zero-order chi connectivity index (χ0) is 14.3. The standard InChI is InChI=1S/C13H20BN3O2/c1-11(2)12(3,4)19-14(18-11)10(7-15)8-17-13(9-16)5-6-13/h7-8H,5-6,15H2,1-4H3. The Morgan fingerprint density at radius 3 is 2.16 bits per heavy atom. The summed E-state index contributed by atoms with van der Waals surface area (Å²) in [6.07, 6.45) is 4.65. The summed E-state index contributed by atoms with van der Waals surface area (Å²) >= 11 is 0. The molecule has 2 N–H and O–H groups in total. The van der Waals surface area contributed by atoms with Crippen molar-refractivity contribution in [1.82, 2.24) is 0 Å². The second kappa shape index (κ2) is 4.36. The zero-order valence-electron chi connectivity index (χ0n) is 11.9. The predicted molar refractivity (Wildman–Crippen MR) is 74.4 cm³/mol. The van der Waals surface area contributed by atoms with E-state index in [1.54, 1.807) is 6.21 Å². The number of hydrogen-bond acceptors (Lipinski definition) is 5. The first-order valence-corrected chi connectivity index (χ1v) is 6.49. The molecule has 0 atom stereocenters. The molecule has 0 spiro atoms. The number of allylic oxidation sites excluding steroid dienone is 1. The van der Waals surface area contributed by atoms with Crippen LogP contribution in [0.2, 0.25) is 0 Å². The summed E-state index contributed by atoms with van der Waals surface area (Å²) in [4.78, 5) is 4.30. The normalized spacial score (nSPS) is 27.5. The van der Waals surface area contributed by atoms with Gasteiger partial charge in [0.1, 0.15) is 5.54 Å². The van der Waals surface area contributed by atoms with Gasteiger partial charge < -0.3 is 15.0 Å². The summed E-state index contributed by atoms with van der Waals surface area (Å²) in [6.45, 7) is 7.93. The van der Waals surface area contributed by atoms with Gasteiger partial charge in [0.2, 0.25) is 0 Å². The summed E-state index contributed by atoms with van der Waals surface area (Å²) in [6, 6.07) is 2.21. The third-order valence-corrected chi connectivity index (χ3v) is 4.11. The van der Waals surface area contributed by atoms with Gasteiger partial charge in [-0.15, -0.1) is 0 Å². The Kier molecular flexibility index (Phi) is 3.24. The minimum absolute atomic E-state index is 0.410. The van der Waals surface area contributed by atoms with Crippen LogP contribution >= 0.6 is 0 Å². The van der Waals surface area contributed by atoms with E-state index in [-0.39, 0.29) is 0 Å². The van der Waals surface area contributed by atoms with Crippen LogP contribution in [0.25, 0.3) is 0 Å². The molecule has 2 aliphatic rings. The van der Waals surface area contributed by atoms with Crippen LogP contribution in [-0.4, -0.2) is 30.1 Å². The van der Waals surface area contributed by atoms with E-state index >= 15 is 0 Å². The average Bonchev–Trinajstić information content (AvgIpc) is 3.04. The van der Waals surface area contributed by atoms with Crippen molar-refractivity contribution >= 4 is 13.3 Å². The largest absolute Gasteiger partial charge is 0.497 e. The highest BCUT2D eigenvalue weighted by Crippen LogP contribution is 2.40. The van der Waals surface area contributed by atoms with E-state index in [0.29, 0.717) is 5.47 Å². The van der Waals surface area contributed by atoms with Crippen molar-refractivity contribution in [1.29, 1.82) is 5.26 Å². The first-order valence-electron chi connectivity index (χ1n) is 6.49. The highest BCUT2D eigenvalue weighted by Gasteiger charge is 2.52. The second-order valence-corrected chi connectivity index (χ2v) is 6.16. The van der Waals surface area contributed by atoms with Crippen molar-refractivity contribution in [2.24, 2.45) is 10.7 Å². The maximum atomic E-state index is 9.00. The van der Waals surface area contributed by atoms with Gasteiger partial charge in [-0.1, -0.05) is 0 Å². The smallest absolute Gasteiger partial charge is 0.405 e. The van der Waals surface area contributed by atoms with Gasteiger partial charge in [-0.3, -0.25) is 4.99 Å². The predicted octanol–water partition coefficient (Wildman–Crippen LogP) is 1.59. The fourth-order valence-corrected chi connectivity index (χ4v) is 1.75. The van der Waals surface area contributed by atoms with Crippen molar-refractivity contribution < 1.29 is 9.31 Å². The minimum Gasteiger partial charge on any atom is -0.405 e. The van der Waals surface area contributed by atoms with Crippen LogP contribution in [0.3, 0.4) is 0 Å². The maximum Gasteiger partial charge on any atom is 0.497 e. The third kappa shape index (κ3) is 2.53. The molecule has 1 aliphatic heterocycles. The number of aliphatic imine (C=N–C) groups is 1. The molecule has 0 aromatic rings. The Morgan fingerprint density at radius 1 is 1.26 bits per heavy atom. The topological polar surface area (TPSA) is 80.6 Å². The van der Waals surface area contributed by atoms with Gasteiger partial charge in [-0.25, -0.2) is 0 Å². The van der Waals surface area contributed by atoms with Gasteiger partial charge >= 0.3 is 7.12 Å². The Bertz CT molecular complexity index is 457. The van der Waals surface area contributed by atoms with E-state index in [1.807, 2.05) is 27.7 Å². The maximum absolute atomic E-state index is 9.00. The molecule has 0 amide bonds. The number of nitrogens with zero attached hydrogens (tertiary/aromatic N) is 2. The van der Waals surface area contributed by atoms with E-state index < -0.39 is 23.9 Å². The lowest BCUT2D eigenvalue weighted by Gasteiger charge is -2.32. The number of nitrogens with two attached hydrogens (primary N) is 1. The zero-order valence-corrected chi connectivity index (χ0v) is 11.9. The molecule has 0 bridgehead atoms. The molecule has 6 heteroatoms.